The van der Waals surface area contributed by atoms with E-state index in [2.05, 4.69) is 0 Å². The first kappa shape index (κ1) is 19.8. The van der Waals surface area contributed by atoms with E-state index in [1.54, 1.807) is 12.1 Å². The maximum absolute atomic E-state index is 13.0. The SMILES string of the molecule is CC(OC(=O)C1CCN(S(=O)(=O)c2ccc3c(c2)CCCC3)CC1)C(N)=O. The average Bonchev–Trinajstić information content (AvgIpc) is 2.67. The van der Waals surface area contributed by atoms with Gasteiger partial charge < -0.3 is 10.5 Å². The predicted octanol–water partition coefficient (Wildman–Crippen LogP) is 1.38. The number of primary amides is 1. The van der Waals surface area contributed by atoms with Crippen LogP contribution in [-0.2, 0) is 37.2 Å². The lowest BCUT2D eigenvalue weighted by Gasteiger charge is -2.30. The summed E-state index contributed by atoms with van der Waals surface area (Å²) in [7, 11) is -3.57. The van der Waals surface area contributed by atoms with E-state index in [-0.39, 0.29) is 13.1 Å². The molecule has 1 atom stereocenters. The molecule has 0 radical (unpaired) electrons. The number of hydrogen-bond acceptors (Lipinski definition) is 5. The minimum Gasteiger partial charge on any atom is -0.452 e. The largest absolute Gasteiger partial charge is 0.452 e. The highest BCUT2D eigenvalue weighted by Gasteiger charge is 2.34. The molecule has 0 bridgehead atoms. The fourth-order valence-corrected chi connectivity index (χ4v) is 5.20. The van der Waals surface area contributed by atoms with Crippen molar-refractivity contribution >= 4 is 21.9 Å². The summed E-state index contributed by atoms with van der Waals surface area (Å²) < 4.78 is 32.4. The molecule has 1 amide bonds. The maximum atomic E-state index is 13.0. The molecule has 27 heavy (non-hydrogen) atoms. The Labute approximate surface area is 159 Å². The van der Waals surface area contributed by atoms with Crippen molar-refractivity contribution in [3.63, 3.8) is 0 Å². The Morgan fingerprint density at radius 2 is 1.78 bits per heavy atom. The lowest BCUT2D eigenvalue weighted by Crippen LogP contribution is -2.41. The molecule has 0 spiro atoms. The molecule has 1 aromatic carbocycles. The minimum absolute atomic E-state index is 0.254. The smallest absolute Gasteiger partial charge is 0.309 e. The summed E-state index contributed by atoms with van der Waals surface area (Å²) >= 11 is 0. The molecule has 1 heterocycles. The molecule has 2 aliphatic rings. The molecule has 1 unspecified atom stereocenters. The van der Waals surface area contributed by atoms with Crippen molar-refractivity contribution in [1.82, 2.24) is 4.31 Å². The van der Waals surface area contributed by atoms with Crippen molar-refractivity contribution in [1.29, 1.82) is 0 Å². The molecule has 0 aromatic heterocycles. The highest BCUT2D eigenvalue weighted by molar-refractivity contribution is 7.89. The summed E-state index contributed by atoms with van der Waals surface area (Å²) in [6, 6.07) is 5.42. The van der Waals surface area contributed by atoms with Gasteiger partial charge in [-0.2, -0.15) is 4.31 Å². The number of piperidine rings is 1. The van der Waals surface area contributed by atoms with E-state index in [1.807, 2.05) is 6.07 Å². The monoisotopic (exact) mass is 394 g/mol. The summed E-state index contributed by atoms with van der Waals surface area (Å²) in [6.07, 6.45) is 3.93. The Morgan fingerprint density at radius 1 is 1.15 bits per heavy atom. The third-order valence-corrected chi connectivity index (χ3v) is 7.33. The number of rotatable bonds is 5. The fraction of sp³-hybridized carbons (Fsp3) is 0.579. The Kier molecular flexibility index (Phi) is 5.86. The van der Waals surface area contributed by atoms with Crippen LogP contribution in [0.15, 0.2) is 23.1 Å². The maximum Gasteiger partial charge on any atom is 0.309 e. The van der Waals surface area contributed by atoms with Crippen molar-refractivity contribution in [3.05, 3.63) is 29.3 Å². The van der Waals surface area contributed by atoms with Gasteiger partial charge in [-0.1, -0.05) is 6.07 Å². The molecule has 1 aliphatic heterocycles. The van der Waals surface area contributed by atoms with E-state index in [1.165, 1.54) is 16.8 Å². The number of amides is 1. The first-order valence-electron chi connectivity index (χ1n) is 9.41. The van der Waals surface area contributed by atoms with Crippen LogP contribution in [0.25, 0.3) is 0 Å². The predicted molar refractivity (Wildman–Crippen MR) is 99.3 cm³/mol. The van der Waals surface area contributed by atoms with Crippen LogP contribution in [0.3, 0.4) is 0 Å². The normalized spacial score (nSPS) is 19.9. The number of nitrogens with zero attached hydrogens (tertiary/aromatic N) is 1. The average molecular weight is 394 g/mol. The number of nitrogens with two attached hydrogens (primary N) is 1. The fourth-order valence-electron chi connectivity index (χ4n) is 3.68. The van der Waals surface area contributed by atoms with E-state index in [0.717, 1.165) is 31.2 Å². The van der Waals surface area contributed by atoms with Crippen LogP contribution < -0.4 is 5.73 Å². The number of sulfonamides is 1. The lowest BCUT2D eigenvalue weighted by atomic mass is 9.92. The molecule has 7 nitrogen and oxygen atoms in total. The number of ether oxygens (including phenoxy) is 1. The first-order chi connectivity index (χ1) is 12.8. The van der Waals surface area contributed by atoms with Crippen molar-refractivity contribution in [3.8, 4) is 0 Å². The zero-order valence-electron chi connectivity index (χ0n) is 15.5. The highest BCUT2D eigenvalue weighted by atomic mass is 32.2. The quantitative estimate of drug-likeness (QED) is 0.760. The van der Waals surface area contributed by atoms with Crippen molar-refractivity contribution in [2.75, 3.05) is 13.1 Å². The van der Waals surface area contributed by atoms with E-state index < -0.39 is 33.9 Å². The van der Waals surface area contributed by atoms with E-state index in [9.17, 15) is 18.0 Å². The molecule has 1 fully saturated rings. The highest BCUT2D eigenvalue weighted by Crippen LogP contribution is 2.28. The molecule has 2 N–H and O–H groups in total. The zero-order chi connectivity index (χ0) is 19.6. The van der Waals surface area contributed by atoms with Gasteiger partial charge in [0.25, 0.3) is 5.91 Å². The Hall–Kier alpha value is -1.93. The van der Waals surface area contributed by atoms with Gasteiger partial charge in [0.2, 0.25) is 10.0 Å². The van der Waals surface area contributed by atoms with Crippen LogP contribution in [0.4, 0.5) is 0 Å². The van der Waals surface area contributed by atoms with E-state index >= 15 is 0 Å². The number of benzene rings is 1. The van der Waals surface area contributed by atoms with Gasteiger partial charge in [-0.15, -0.1) is 0 Å². The van der Waals surface area contributed by atoms with E-state index in [4.69, 9.17) is 10.5 Å². The molecule has 1 aliphatic carbocycles. The summed E-state index contributed by atoms with van der Waals surface area (Å²) in [5, 5.41) is 0. The van der Waals surface area contributed by atoms with Gasteiger partial charge in [-0.25, -0.2) is 8.42 Å². The molecule has 1 saturated heterocycles. The van der Waals surface area contributed by atoms with Crippen LogP contribution in [0.2, 0.25) is 0 Å². The van der Waals surface area contributed by atoms with Crippen molar-refractivity contribution in [2.24, 2.45) is 11.7 Å². The number of carbonyl (C=O) groups is 2. The van der Waals surface area contributed by atoms with Gasteiger partial charge in [0.15, 0.2) is 6.10 Å². The molecule has 1 aromatic rings. The van der Waals surface area contributed by atoms with Gasteiger partial charge in [0, 0.05) is 13.1 Å². The van der Waals surface area contributed by atoms with Crippen LogP contribution in [-0.4, -0.2) is 43.8 Å². The number of carbonyl (C=O) groups excluding carboxylic acids is 2. The Balaban J connectivity index is 1.65. The molecule has 8 heteroatoms. The second kappa shape index (κ2) is 7.98. The summed E-state index contributed by atoms with van der Waals surface area (Å²) in [4.78, 5) is 23.4. The van der Waals surface area contributed by atoms with E-state index in [0.29, 0.717) is 17.7 Å². The second-order valence-electron chi connectivity index (χ2n) is 7.30. The summed E-state index contributed by atoms with van der Waals surface area (Å²) in [5.74, 6) is -1.61. The third kappa shape index (κ3) is 4.32. The second-order valence-corrected chi connectivity index (χ2v) is 9.24. The molecular formula is C19H26N2O5S. The number of esters is 1. The molecule has 0 saturated carbocycles. The minimum atomic E-state index is -3.57. The van der Waals surface area contributed by atoms with Gasteiger partial charge in [-0.05, 0) is 68.7 Å². The Morgan fingerprint density at radius 3 is 2.41 bits per heavy atom. The topological polar surface area (TPSA) is 107 Å². The lowest BCUT2D eigenvalue weighted by molar-refractivity contribution is -0.159. The van der Waals surface area contributed by atoms with Gasteiger partial charge in [-0.3, -0.25) is 9.59 Å². The standard InChI is InChI=1S/C19H26N2O5S/c1-13(18(20)22)26-19(23)15-8-10-21(11-9-15)27(24,25)17-7-6-14-4-2-3-5-16(14)12-17/h6-7,12-13,15H,2-5,8-11H2,1H3,(H2,20,22). The summed E-state index contributed by atoms with van der Waals surface area (Å²) in [6.45, 7) is 1.93. The Bertz CT molecular complexity index is 829. The molecule has 3 rings (SSSR count). The van der Waals surface area contributed by atoms with Crippen LogP contribution in [0.5, 0.6) is 0 Å². The number of hydrogen-bond donors (Lipinski definition) is 1. The van der Waals surface area contributed by atoms with Crippen LogP contribution >= 0.6 is 0 Å². The zero-order valence-corrected chi connectivity index (χ0v) is 16.3. The van der Waals surface area contributed by atoms with Crippen LogP contribution in [0.1, 0.15) is 43.7 Å². The summed E-state index contributed by atoms with van der Waals surface area (Å²) in [5.41, 5.74) is 7.47. The number of fused-ring (bicyclic) bond motifs is 1. The third-order valence-electron chi connectivity index (χ3n) is 5.44. The van der Waals surface area contributed by atoms with Crippen molar-refractivity contribution < 1.29 is 22.7 Å². The first-order valence-corrected chi connectivity index (χ1v) is 10.8. The number of aryl methyl sites for hydroxylation is 2. The van der Waals surface area contributed by atoms with Crippen molar-refractivity contribution in [2.45, 2.75) is 56.4 Å². The molecular weight excluding hydrogens is 368 g/mol. The van der Waals surface area contributed by atoms with Gasteiger partial charge in [0.05, 0.1) is 10.8 Å². The van der Waals surface area contributed by atoms with Crippen LogP contribution in [0, 0.1) is 5.92 Å². The molecule has 148 valence electrons. The van der Waals surface area contributed by atoms with Gasteiger partial charge in [0.1, 0.15) is 0 Å². The van der Waals surface area contributed by atoms with Gasteiger partial charge >= 0.3 is 5.97 Å².